The van der Waals surface area contributed by atoms with E-state index < -0.39 is 12.1 Å². The van der Waals surface area contributed by atoms with E-state index in [1.807, 2.05) is 0 Å². The van der Waals surface area contributed by atoms with Crippen molar-refractivity contribution in [1.82, 2.24) is 0 Å². The number of aliphatic hydroxyl groups is 1. The van der Waals surface area contributed by atoms with E-state index in [0.717, 1.165) is 12.3 Å². The Labute approximate surface area is 160 Å². The minimum Gasteiger partial charge on any atom is -0.466 e. The van der Waals surface area contributed by atoms with Gasteiger partial charge in [-0.25, -0.2) is 4.79 Å². The number of aliphatic hydroxyl groups excluding tert-OH is 1. The highest BCUT2D eigenvalue weighted by molar-refractivity contribution is 14.1. The maximum atomic E-state index is 11.5. The highest BCUT2D eigenvalue weighted by Gasteiger charge is 2.50. The molecule has 2 saturated carbocycles. The number of hydrogen-bond donors (Lipinski definition) is 1. The van der Waals surface area contributed by atoms with Crippen LogP contribution in [-0.4, -0.2) is 24.3 Å². The molecule has 0 aromatic carbocycles. The fourth-order valence-corrected chi connectivity index (χ4v) is 6.08. The van der Waals surface area contributed by atoms with Gasteiger partial charge in [0.25, 0.3) is 0 Å². The predicted octanol–water partition coefficient (Wildman–Crippen LogP) is 5.03. The first-order chi connectivity index (χ1) is 11.3. The first-order valence-corrected chi connectivity index (χ1v) is 10.3. The van der Waals surface area contributed by atoms with Gasteiger partial charge in [0.1, 0.15) is 0 Å². The van der Waals surface area contributed by atoms with Crippen molar-refractivity contribution < 1.29 is 14.6 Å². The second-order valence-electron chi connectivity index (χ2n) is 7.95. The molecule has 4 heteroatoms. The Morgan fingerprint density at radius 3 is 2.88 bits per heavy atom. The fraction of sp³-hybridized carbons (Fsp3) is 0.750. The third-order valence-electron chi connectivity index (χ3n) is 6.46. The lowest BCUT2D eigenvalue weighted by Gasteiger charge is -2.44. The molecule has 2 fully saturated rings. The molecule has 1 unspecified atom stereocenters. The van der Waals surface area contributed by atoms with Crippen LogP contribution in [0.3, 0.4) is 0 Å². The Kier molecular flexibility index (Phi) is 6.94. The van der Waals surface area contributed by atoms with Crippen molar-refractivity contribution in [2.24, 2.45) is 23.2 Å². The second-order valence-corrected chi connectivity index (χ2v) is 8.57. The Hall–Kier alpha value is -0.360. The summed E-state index contributed by atoms with van der Waals surface area (Å²) in [5.41, 5.74) is 2.37. The maximum absolute atomic E-state index is 11.5. The lowest BCUT2D eigenvalue weighted by molar-refractivity contribution is -0.136. The van der Waals surface area contributed by atoms with Gasteiger partial charge in [-0.1, -0.05) is 48.6 Å². The number of carbonyl (C=O) groups excluding carboxylic acids is 1. The van der Waals surface area contributed by atoms with Gasteiger partial charge in [-0.3, -0.25) is 0 Å². The van der Waals surface area contributed by atoms with E-state index in [-0.39, 0.29) is 0 Å². The minimum atomic E-state index is -0.516. The lowest BCUT2D eigenvalue weighted by atomic mass is 9.61. The van der Waals surface area contributed by atoms with Crippen LogP contribution < -0.4 is 0 Å². The van der Waals surface area contributed by atoms with Gasteiger partial charge in [-0.05, 0) is 65.8 Å². The van der Waals surface area contributed by atoms with Gasteiger partial charge in [-0.15, -0.1) is 0 Å². The molecule has 2 rings (SSSR count). The zero-order valence-electron chi connectivity index (χ0n) is 15.2. The molecule has 2 aliphatic rings. The van der Waals surface area contributed by atoms with Crippen LogP contribution in [0.1, 0.15) is 58.8 Å². The van der Waals surface area contributed by atoms with Crippen LogP contribution in [0.2, 0.25) is 0 Å². The van der Waals surface area contributed by atoms with E-state index in [0.29, 0.717) is 29.2 Å². The standard InChI is InChI=1S/C20H31IO3/c1-13(10-16(22)11-14(2)19(23)24-4)17-7-8-18-15(12-21)6-5-9-20(17,18)3/h12-13,16-18,22H,2,5-11H2,1,3-4H3/t13-,16+,17-,18?,20+/m1/s1. The quantitative estimate of drug-likeness (QED) is 0.354. The first kappa shape index (κ1) is 20.0. The smallest absolute Gasteiger partial charge is 0.333 e. The molecule has 0 bridgehead atoms. The number of carbonyl (C=O) groups is 1. The van der Waals surface area contributed by atoms with Crippen molar-refractivity contribution in [2.75, 3.05) is 7.11 Å². The summed E-state index contributed by atoms with van der Waals surface area (Å²) in [7, 11) is 1.35. The Bertz CT molecular complexity index is 513. The average Bonchev–Trinajstić information content (AvgIpc) is 2.90. The van der Waals surface area contributed by atoms with Crippen LogP contribution in [0.4, 0.5) is 0 Å². The summed E-state index contributed by atoms with van der Waals surface area (Å²) in [5, 5.41) is 10.4. The molecule has 5 atom stereocenters. The van der Waals surface area contributed by atoms with Crippen molar-refractivity contribution in [3.8, 4) is 0 Å². The number of esters is 1. The predicted molar refractivity (Wildman–Crippen MR) is 106 cm³/mol. The van der Waals surface area contributed by atoms with E-state index in [1.165, 1.54) is 39.2 Å². The molecule has 0 radical (unpaired) electrons. The van der Waals surface area contributed by atoms with Crippen molar-refractivity contribution in [2.45, 2.75) is 64.9 Å². The third kappa shape index (κ3) is 4.06. The van der Waals surface area contributed by atoms with Gasteiger partial charge in [0.05, 0.1) is 13.2 Å². The molecular weight excluding hydrogens is 415 g/mol. The molecule has 3 nitrogen and oxygen atoms in total. The number of rotatable bonds is 6. The highest BCUT2D eigenvalue weighted by Crippen LogP contribution is 2.60. The third-order valence-corrected chi connectivity index (χ3v) is 7.26. The molecule has 136 valence electrons. The topological polar surface area (TPSA) is 46.5 Å². The molecule has 0 amide bonds. The number of hydrogen-bond acceptors (Lipinski definition) is 3. The summed E-state index contributed by atoms with van der Waals surface area (Å²) in [6.45, 7) is 8.46. The van der Waals surface area contributed by atoms with E-state index in [4.69, 9.17) is 0 Å². The van der Waals surface area contributed by atoms with E-state index in [2.05, 4.69) is 51.8 Å². The van der Waals surface area contributed by atoms with E-state index in [9.17, 15) is 9.90 Å². The second kappa shape index (κ2) is 8.35. The van der Waals surface area contributed by atoms with Gasteiger partial charge in [0, 0.05) is 12.0 Å². The molecular formula is C20H31IO3. The van der Waals surface area contributed by atoms with Crippen molar-refractivity contribution >= 4 is 28.6 Å². The van der Waals surface area contributed by atoms with Gasteiger partial charge in [0.15, 0.2) is 0 Å². The summed E-state index contributed by atoms with van der Waals surface area (Å²) >= 11 is 2.40. The summed E-state index contributed by atoms with van der Waals surface area (Å²) in [6, 6.07) is 0. The number of allylic oxidation sites excluding steroid dienone is 1. The normalized spacial score (nSPS) is 33.8. The number of methoxy groups -OCH3 is 1. The van der Waals surface area contributed by atoms with Crippen LogP contribution in [-0.2, 0) is 9.53 Å². The monoisotopic (exact) mass is 446 g/mol. The molecule has 0 aromatic rings. The Balaban J connectivity index is 1.98. The first-order valence-electron chi connectivity index (χ1n) is 9.06. The number of halogens is 1. The van der Waals surface area contributed by atoms with Gasteiger partial charge in [0.2, 0.25) is 0 Å². The van der Waals surface area contributed by atoms with E-state index >= 15 is 0 Å². The van der Waals surface area contributed by atoms with Gasteiger partial charge >= 0.3 is 5.97 Å². The zero-order valence-corrected chi connectivity index (χ0v) is 17.3. The maximum Gasteiger partial charge on any atom is 0.333 e. The van der Waals surface area contributed by atoms with E-state index in [1.54, 1.807) is 5.57 Å². The van der Waals surface area contributed by atoms with Crippen molar-refractivity contribution in [3.05, 3.63) is 21.8 Å². The average molecular weight is 446 g/mol. The van der Waals surface area contributed by atoms with Crippen LogP contribution in [0.5, 0.6) is 0 Å². The number of ether oxygens (including phenoxy) is 1. The van der Waals surface area contributed by atoms with Crippen LogP contribution in [0, 0.1) is 23.2 Å². The van der Waals surface area contributed by atoms with Crippen LogP contribution >= 0.6 is 22.6 Å². The van der Waals surface area contributed by atoms with Crippen LogP contribution in [0.15, 0.2) is 21.8 Å². The van der Waals surface area contributed by atoms with Crippen molar-refractivity contribution in [1.29, 1.82) is 0 Å². The summed E-state index contributed by atoms with van der Waals surface area (Å²) < 4.78 is 6.98. The molecule has 0 aromatic heterocycles. The minimum absolute atomic E-state index is 0.308. The molecule has 1 N–H and O–H groups in total. The highest BCUT2D eigenvalue weighted by atomic mass is 127. The summed E-state index contributed by atoms with van der Waals surface area (Å²) in [6.07, 6.45) is 6.89. The molecule has 24 heavy (non-hydrogen) atoms. The molecule has 2 aliphatic carbocycles. The van der Waals surface area contributed by atoms with Gasteiger partial charge < -0.3 is 9.84 Å². The summed E-state index contributed by atoms with van der Waals surface area (Å²) in [5.74, 6) is 1.40. The SMILES string of the molecule is C=C(C[C@@H](O)C[C@@H](C)[C@H]1CCC2C(=CI)CCC[C@]21C)C(=O)OC. The molecule has 0 saturated heterocycles. The zero-order chi connectivity index (χ0) is 17.9. The summed E-state index contributed by atoms with van der Waals surface area (Å²) in [4.78, 5) is 11.5. The Morgan fingerprint density at radius 2 is 2.25 bits per heavy atom. The largest absolute Gasteiger partial charge is 0.466 e. The molecule has 0 heterocycles. The lowest BCUT2D eigenvalue weighted by Crippen LogP contribution is -2.36. The number of fused-ring (bicyclic) bond motifs is 1. The van der Waals surface area contributed by atoms with Crippen molar-refractivity contribution in [3.63, 3.8) is 0 Å². The molecule has 0 spiro atoms. The Morgan fingerprint density at radius 1 is 1.54 bits per heavy atom. The fourth-order valence-electron chi connectivity index (χ4n) is 5.33. The molecule has 0 aliphatic heterocycles. The van der Waals surface area contributed by atoms with Gasteiger partial charge in [-0.2, -0.15) is 0 Å². The van der Waals surface area contributed by atoms with Crippen LogP contribution in [0.25, 0.3) is 0 Å².